The molecule has 0 saturated heterocycles. The maximum Gasteiger partial charge on any atom is -0.00372 e. The van der Waals surface area contributed by atoms with Crippen molar-refractivity contribution >= 4 is 0 Å². The smallest absolute Gasteiger partial charge is 0.00372 e. The van der Waals surface area contributed by atoms with E-state index in [0.717, 1.165) is 23.7 Å². The summed E-state index contributed by atoms with van der Waals surface area (Å²) in [5.41, 5.74) is 4.90. The fourth-order valence-corrected chi connectivity index (χ4v) is 8.90. The third-order valence-electron chi connectivity index (χ3n) is 9.84. The fourth-order valence-electron chi connectivity index (χ4n) is 8.90. The lowest BCUT2D eigenvalue weighted by molar-refractivity contribution is 0.0138. The van der Waals surface area contributed by atoms with Gasteiger partial charge in [0, 0.05) is 0 Å². The number of hydrogen-bond acceptors (Lipinski definition) is 0. The van der Waals surface area contributed by atoms with E-state index in [0.29, 0.717) is 16.2 Å². The van der Waals surface area contributed by atoms with Gasteiger partial charge in [-0.1, -0.05) is 89.5 Å². The molecule has 25 heavy (non-hydrogen) atoms. The van der Waals surface area contributed by atoms with Crippen LogP contribution in [-0.4, -0.2) is 0 Å². The van der Waals surface area contributed by atoms with Crippen molar-refractivity contribution in [2.24, 2.45) is 39.9 Å². The number of rotatable bonds is 1. The fraction of sp³-hybridized carbons (Fsp3) is 0.840. The lowest BCUT2D eigenvalue weighted by atomic mass is 9.47. The zero-order valence-corrected chi connectivity index (χ0v) is 16.9. The van der Waals surface area contributed by atoms with E-state index in [9.17, 15) is 0 Å². The highest BCUT2D eigenvalue weighted by Gasteiger charge is 2.72. The first-order valence-electron chi connectivity index (χ1n) is 11.3. The summed E-state index contributed by atoms with van der Waals surface area (Å²) < 4.78 is 0. The Morgan fingerprint density at radius 3 is 2.24 bits per heavy atom. The van der Waals surface area contributed by atoms with E-state index in [-0.39, 0.29) is 0 Å². The summed E-state index contributed by atoms with van der Waals surface area (Å²) in [5, 5.41) is 0. The molecule has 4 saturated carbocycles. The van der Waals surface area contributed by atoms with Crippen LogP contribution in [0.4, 0.5) is 0 Å². The normalized spacial score (nSPS) is 45.0. The highest BCUT2D eigenvalue weighted by Crippen LogP contribution is 2.79. The Morgan fingerprint density at radius 1 is 0.880 bits per heavy atom. The molecule has 0 nitrogen and oxygen atoms in total. The van der Waals surface area contributed by atoms with E-state index in [4.69, 9.17) is 0 Å². The molecule has 0 aliphatic heterocycles. The molecule has 5 aliphatic rings. The molecule has 138 valence electrons. The van der Waals surface area contributed by atoms with Crippen LogP contribution < -0.4 is 0 Å². The van der Waals surface area contributed by atoms with Crippen molar-refractivity contribution in [3.63, 3.8) is 0 Å². The van der Waals surface area contributed by atoms with Crippen molar-refractivity contribution in [1.82, 2.24) is 0 Å². The van der Waals surface area contributed by atoms with Gasteiger partial charge < -0.3 is 0 Å². The van der Waals surface area contributed by atoms with Gasteiger partial charge in [0.25, 0.3) is 0 Å². The first kappa shape index (κ1) is 16.6. The minimum absolute atomic E-state index is 0.472. The minimum atomic E-state index is 0.472. The van der Waals surface area contributed by atoms with Crippen LogP contribution in [0.5, 0.6) is 0 Å². The van der Waals surface area contributed by atoms with Gasteiger partial charge in [0.05, 0.1) is 0 Å². The lowest BCUT2D eigenvalue weighted by Crippen LogP contribution is -2.49. The van der Waals surface area contributed by atoms with Crippen molar-refractivity contribution < 1.29 is 0 Å². The third-order valence-corrected chi connectivity index (χ3v) is 9.84. The van der Waals surface area contributed by atoms with Gasteiger partial charge in [0.1, 0.15) is 0 Å². The van der Waals surface area contributed by atoms with Gasteiger partial charge in [-0.3, -0.25) is 0 Å². The van der Waals surface area contributed by atoms with E-state index in [2.05, 4.69) is 33.4 Å². The van der Waals surface area contributed by atoms with E-state index < -0.39 is 0 Å². The molecular formula is C25H38. The average Bonchev–Trinajstić information content (AvgIpc) is 2.95. The summed E-state index contributed by atoms with van der Waals surface area (Å²) in [6.45, 7) is 12.4. The monoisotopic (exact) mass is 338 g/mol. The second-order valence-electron chi connectivity index (χ2n) is 11.2. The number of allylic oxidation sites excluding steroid dienone is 3. The Bertz CT molecular complexity index is 608. The number of hydrogen-bond donors (Lipinski definition) is 0. The summed E-state index contributed by atoms with van der Waals surface area (Å²) in [7, 11) is 0. The molecule has 0 N–H and O–H groups in total. The molecule has 0 bridgehead atoms. The van der Waals surface area contributed by atoms with Gasteiger partial charge in [0.15, 0.2) is 0 Å². The first-order valence-corrected chi connectivity index (χ1v) is 11.3. The van der Waals surface area contributed by atoms with E-state index in [1.54, 1.807) is 0 Å². The van der Waals surface area contributed by atoms with Crippen LogP contribution in [0.25, 0.3) is 0 Å². The van der Waals surface area contributed by atoms with Crippen LogP contribution in [0.15, 0.2) is 23.8 Å². The van der Waals surface area contributed by atoms with Crippen LogP contribution in [0, 0.1) is 39.9 Å². The van der Waals surface area contributed by atoms with Crippen LogP contribution in [-0.2, 0) is 0 Å². The van der Waals surface area contributed by atoms with Gasteiger partial charge in [-0.2, -0.15) is 0 Å². The summed E-state index contributed by atoms with van der Waals surface area (Å²) in [4.78, 5) is 0. The predicted molar refractivity (Wildman–Crippen MR) is 106 cm³/mol. The number of fused-ring (bicyclic) bond motifs is 4. The molecular weight excluding hydrogens is 300 g/mol. The van der Waals surface area contributed by atoms with Crippen LogP contribution in [0.1, 0.15) is 91.4 Å². The largest absolute Gasteiger partial charge is 0.0955 e. The quantitative estimate of drug-likeness (QED) is 0.470. The molecule has 0 aromatic rings. The molecule has 0 heteroatoms. The molecule has 0 radical (unpaired) electrons. The van der Waals surface area contributed by atoms with Gasteiger partial charge >= 0.3 is 0 Å². The Kier molecular flexibility index (Phi) is 3.50. The second-order valence-corrected chi connectivity index (χ2v) is 11.2. The van der Waals surface area contributed by atoms with E-state index in [1.165, 1.54) is 76.2 Å². The van der Waals surface area contributed by atoms with Gasteiger partial charge in [-0.05, 0) is 65.6 Å². The maximum absolute atomic E-state index is 4.57. The van der Waals surface area contributed by atoms with Crippen molar-refractivity contribution in [3.8, 4) is 0 Å². The van der Waals surface area contributed by atoms with Crippen molar-refractivity contribution in [3.05, 3.63) is 23.8 Å². The Morgan fingerprint density at radius 2 is 1.56 bits per heavy atom. The highest BCUT2D eigenvalue weighted by atomic mass is 14.8. The Labute approximate surface area is 155 Å². The first-order chi connectivity index (χ1) is 11.9. The van der Waals surface area contributed by atoms with Gasteiger partial charge in [0.2, 0.25) is 0 Å². The minimum Gasteiger partial charge on any atom is -0.0955 e. The van der Waals surface area contributed by atoms with Crippen LogP contribution in [0.3, 0.4) is 0 Å². The average molecular weight is 339 g/mol. The predicted octanol–water partition coefficient (Wildman–Crippen LogP) is 7.31. The van der Waals surface area contributed by atoms with Crippen molar-refractivity contribution in [1.29, 1.82) is 0 Å². The summed E-state index contributed by atoms with van der Waals surface area (Å²) >= 11 is 0. The maximum atomic E-state index is 4.57. The van der Waals surface area contributed by atoms with E-state index in [1.807, 2.05) is 5.57 Å². The highest BCUT2D eigenvalue weighted by molar-refractivity contribution is 5.47. The zero-order chi connectivity index (χ0) is 17.4. The van der Waals surface area contributed by atoms with E-state index >= 15 is 0 Å². The molecule has 5 rings (SSSR count). The molecule has 5 aliphatic carbocycles. The lowest BCUT2D eigenvalue weighted by Gasteiger charge is -2.57. The topological polar surface area (TPSA) is 0 Å². The molecule has 0 aromatic heterocycles. The molecule has 4 fully saturated rings. The van der Waals surface area contributed by atoms with Crippen molar-refractivity contribution in [2.45, 2.75) is 91.4 Å². The summed E-state index contributed by atoms with van der Waals surface area (Å²) in [6.07, 6.45) is 19.0. The molecule has 4 atom stereocenters. The van der Waals surface area contributed by atoms with Gasteiger partial charge in [-0.15, -0.1) is 0 Å². The second kappa shape index (κ2) is 5.26. The Hall–Kier alpha value is -0.520. The molecule has 0 amide bonds. The van der Waals surface area contributed by atoms with Crippen LogP contribution >= 0.6 is 0 Å². The standard InChI is InChI=1S/C25H38/c1-17-16-20-24(4,22-21(17)23(22,2)3)19(18-10-6-5-7-11-18)12-15-25(20)13-8-9-14-25/h16,18-19,21-22H,1,5-15H2,2-4H3. The third kappa shape index (κ3) is 2.06. The Balaban J connectivity index is 1.61. The van der Waals surface area contributed by atoms with Crippen LogP contribution in [0.2, 0.25) is 0 Å². The molecule has 4 unspecified atom stereocenters. The summed E-state index contributed by atoms with van der Waals surface area (Å²) in [5.74, 6) is 3.60. The molecule has 0 aromatic carbocycles. The summed E-state index contributed by atoms with van der Waals surface area (Å²) in [6, 6.07) is 0. The molecule has 1 spiro atoms. The molecule has 0 heterocycles. The SMILES string of the molecule is C=C1C=C2C3(CCCC3)CCC(C3CCCCC3)C2(C)C2C1C2(C)C. The van der Waals surface area contributed by atoms with Crippen molar-refractivity contribution in [2.75, 3.05) is 0 Å². The van der Waals surface area contributed by atoms with Gasteiger partial charge in [-0.25, -0.2) is 0 Å². The zero-order valence-electron chi connectivity index (χ0n) is 16.9.